The molecule has 1 heterocycles. The van der Waals surface area contributed by atoms with E-state index in [0.717, 1.165) is 11.3 Å². The van der Waals surface area contributed by atoms with Crippen molar-refractivity contribution in [3.05, 3.63) is 46.4 Å². The Kier molecular flexibility index (Phi) is 2.44. The molecule has 0 fully saturated rings. The van der Waals surface area contributed by atoms with Gasteiger partial charge >= 0.3 is 0 Å². The van der Waals surface area contributed by atoms with Crippen molar-refractivity contribution in [3.8, 4) is 11.3 Å². The number of nitro groups is 1. The van der Waals surface area contributed by atoms with Gasteiger partial charge in [-0.1, -0.05) is 12.1 Å². The van der Waals surface area contributed by atoms with Crippen LogP contribution in [0, 0.1) is 17.0 Å². The van der Waals surface area contributed by atoms with Crippen molar-refractivity contribution in [2.75, 3.05) is 0 Å². The molecule has 0 aliphatic heterocycles. The maximum absolute atomic E-state index is 10.8. The Morgan fingerprint density at radius 3 is 2.75 bits per heavy atom. The molecule has 1 aromatic heterocycles. The van der Waals surface area contributed by atoms with Crippen molar-refractivity contribution in [2.45, 2.75) is 6.92 Å². The first-order valence-electron chi connectivity index (χ1n) is 4.81. The van der Waals surface area contributed by atoms with E-state index >= 15 is 0 Å². The third-order valence-electron chi connectivity index (χ3n) is 2.52. The number of aryl methyl sites for hydroxylation is 2. The molecule has 0 N–H and O–H groups in total. The predicted octanol–water partition coefficient (Wildman–Crippen LogP) is 2.30. The second kappa shape index (κ2) is 3.77. The van der Waals surface area contributed by atoms with Crippen molar-refractivity contribution in [3.63, 3.8) is 0 Å². The molecule has 5 heteroatoms. The van der Waals surface area contributed by atoms with Crippen LogP contribution in [0.3, 0.4) is 0 Å². The topological polar surface area (TPSA) is 61.0 Å². The minimum absolute atomic E-state index is 0.138. The summed E-state index contributed by atoms with van der Waals surface area (Å²) < 4.78 is 1.83. The standard InChI is InChI=1S/C11H11N3O2/c1-8-3-4-9(5-10(8)14(15)16)11-6-12-7-13(11)2/h3-7H,1-2H3. The summed E-state index contributed by atoms with van der Waals surface area (Å²) in [4.78, 5) is 14.4. The Morgan fingerprint density at radius 1 is 1.44 bits per heavy atom. The van der Waals surface area contributed by atoms with Gasteiger partial charge in [0.25, 0.3) is 5.69 Å². The zero-order chi connectivity index (χ0) is 11.7. The van der Waals surface area contributed by atoms with Crippen LogP contribution >= 0.6 is 0 Å². The molecule has 0 saturated carbocycles. The average molecular weight is 217 g/mol. The highest BCUT2D eigenvalue weighted by atomic mass is 16.6. The zero-order valence-electron chi connectivity index (χ0n) is 9.04. The number of hydrogen-bond acceptors (Lipinski definition) is 3. The Hall–Kier alpha value is -2.17. The van der Waals surface area contributed by atoms with E-state index in [1.165, 1.54) is 0 Å². The second-order valence-corrected chi connectivity index (χ2v) is 3.65. The number of benzene rings is 1. The van der Waals surface area contributed by atoms with Crippen LogP contribution in [0.2, 0.25) is 0 Å². The highest BCUT2D eigenvalue weighted by Gasteiger charge is 2.12. The Labute approximate surface area is 92.5 Å². The number of rotatable bonds is 2. The van der Waals surface area contributed by atoms with Crippen LogP contribution in [0.15, 0.2) is 30.7 Å². The van der Waals surface area contributed by atoms with E-state index in [4.69, 9.17) is 0 Å². The van der Waals surface area contributed by atoms with Crippen LogP contribution in [0.25, 0.3) is 11.3 Å². The molecule has 0 aliphatic rings. The smallest absolute Gasteiger partial charge is 0.272 e. The molecule has 0 bridgehead atoms. The summed E-state index contributed by atoms with van der Waals surface area (Å²) in [6.45, 7) is 1.73. The van der Waals surface area contributed by atoms with E-state index in [0.29, 0.717) is 5.56 Å². The van der Waals surface area contributed by atoms with Gasteiger partial charge in [-0.2, -0.15) is 0 Å². The molecule has 0 spiro atoms. The molecular weight excluding hydrogens is 206 g/mol. The molecule has 0 aliphatic carbocycles. The number of hydrogen-bond donors (Lipinski definition) is 0. The van der Waals surface area contributed by atoms with Crippen molar-refractivity contribution < 1.29 is 4.92 Å². The molecular formula is C11H11N3O2. The summed E-state index contributed by atoms with van der Waals surface area (Å²) in [6, 6.07) is 5.19. The first-order valence-corrected chi connectivity index (χ1v) is 4.81. The Balaban J connectivity index is 2.56. The highest BCUT2D eigenvalue weighted by Crippen LogP contribution is 2.26. The van der Waals surface area contributed by atoms with Gasteiger partial charge < -0.3 is 4.57 Å². The van der Waals surface area contributed by atoms with Crippen LogP contribution in [-0.4, -0.2) is 14.5 Å². The highest BCUT2D eigenvalue weighted by molar-refractivity contribution is 5.64. The summed E-state index contributed by atoms with van der Waals surface area (Å²) >= 11 is 0. The van der Waals surface area contributed by atoms with E-state index in [2.05, 4.69) is 4.98 Å². The van der Waals surface area contributed by atoms with Crippen molar-refractivity contribution in [1.29, 1.82) is 0 Å². The van der Waals surface area contributed by atoms with Crippen molar-refractivity contribution in [2.24, 2.45) is 7.05 Å². The SMILES string of the molecule is Cc1ccc(-c2cncn2C)cc1[N+](=O)[O-]. The van der Waals surface area contributed by atoms with Gasteiger partial charge in [-0.3, -0.25) is 10.1 Å². The van der Waals surface area contributed by atoms with Crippen molar-refractivity contribution in [1.82, 2.24) is 9.55 Å². The Bertz CT molecular complexity index is 546. The van der Waals surface area contributed by atoms with Crippen LogP contribution in [0.1, 0.15) is 5.56 Å². The van der Waals surface area contributed by atoms with Gasteiger partial charge in [0.05, 0.1) is 23.1 Å². The van der Waals surface area contributed by atoms with Crippen LogP contribution < -0.4 is 0 Å². The Morgan fingerprint density at radius 2 is 2.19 bits per heavy atom. The van der Waals surface area contributed by atoms with E-state index in [9.17, 15) is 10.1 Å². The number of nitrogens with zero attached hydrogens (tertiary/aromatic N) is 3. The minimum atomic E-state index is -0.366. The summed E-state index contributed by atoms with van der Waals surface area (Å²) in [5.74, 6) is 0. The summed E-state index contributed by atoms with van der Waals surface area (Å²) in [5, 5.41) is 10.8. The van der Waals surface area contributed by atoms with Crippen molar-refractivity contribution >= 4 is 5.69 Å². The summed E-state index contributed by atoms with van der Waals surface area (Å²) in [7, 11) is 1.86. The van der Waals surface area contributed by atoms with Crippen LogP contribution in [-0.2, 0) is 7.05 Å². The lowest BCUT2D eigenvalue weighted by molar-refractivity contribution is -0.385. The molecule has 2 aromatic rings. The maximum atomic E-state index is 10.8. The van der Waals surface area contributed by atoms with Crippen LogP contribution in [0.5, 0.6) is 0 Å². The first-order chi connectivity index (χ1) is 7.59. The zero-order valence-corrected chi connectivity index (χ0v) is 9.04. The number of nitro benzene ring substituents is 1. The largest absolute Gasteiger partial charge is 0.334 e. The first kappa shape index (κ1) is 10.4. The lowest BCUT2D eigenvalue weighted by Gasteiger charge is -2.03. The van der Waals surface area contributed by atoms with E-state index in [1.807, 2.05) is 17.7 Å². The fourth-order valence-corrected chi connectivity index (χ4v) is 1.60. The molecule has 0 atom stereocenters. The molecule has 2 rings (SSSR count). The molecule has 0 unspecified atom stereocenters. The monoisotopic (exact) mass is 217 g/mol. The fraction of sp³-hybridized carbons (Fsp3) is 0.182. The normalized spacial score (nSPS) is 10.4. The van der Waals surface area contributed by atoms with E-state index < -0.39 is 0 Å². The van der Waals surface area contributed by atoms with E-state index in [-0.39, 0.29) is 10.6 Å². The van der Waals surface area contributed by atoms with Gasteiger partial charge in [0.2, 0.25) is 0 Å². The molecule has 16 heavy (non-hydrogen) atoms. The van der Waals surface area contributed by atoms with Gasteiger partial charge in [-0.25, -0.2) is 4.98 Å². The summed E-state index contributed by atoms with van der Waals surface area (Å²) in [6.07, 6.45) is 3.36. The molecule has 0 saturated heterocycles. The van der Waals surface area contributed by atoms with Gasteiger partial charge in [0.1, 0.15) is 0 Å². The van der Waals surface area contributed by atoms with E-state index in [1.54, 1.807) is 31.6 Å². The second-order valence-electron chi connectivity index (χ2n) is 3.65. The van der Waals surface area contributed by atoms with Crippen LogP contribution in [0.4, 0.5) is 5.69 Å². The maximum Gasteiger partial charge on any atom is 0.272 e. The minimum Gasteiger partial charge on any atom is -0.334 e. The molecule has 82 valence electrons. The molecule has 1 aromatic carbocycles. The molecule has 5 nitrogen and oxygen atoms in total. The summed E-state index contributed by atoms with van der Waals surface area (Å²) in [5.41, 5.74) is 2.47. The third kappa shape index (κ3) is 1.67. The third-order valence-corrected chi connectivity index (χ3v) is 2.52. The predicted molar refractivity (Wildman–Crippen MR) is 60.0 cm³/mol. The van der Waals surface area contributed by atoms with Gasteiger partial charge in [-0.05, 0) is 6.92 Å². The molecule has 0 amide bonds. The average Bonchev–Trinajstić information content (AvgIpc) is 2.65. The fourth-order valence-electron chi connectivity index (χ4n) is 1.60. The van der Waals surface area contributed by atoms with Gasteiger partial charge in [0.15, 0.2) is 0 Å². The van der Waals surface area contributed by atoms with Gasteiger partial charge in [0, 0.05) is 24.2 Å². The van der Waals surface area contributed by atoms with Gasteiger partial charge in [-0.15, -0.1) is 0 Å². The lowest BCUT2D eigenvalue weighted by atomic mass is 10.1. The molecule has 0 radical (unpaired) electrons. The number of aromatic nitrogens is 2. The lowest BCUT2D eigenvalue weighted by Crippen LogP contribution is -1.94. The number of imidazole rings is 1. The quantitative estimate of drug-likeness (QED) is 0.572.